The van der Waals surface area contributed by atoms with Crippen LogP contribution in [0.3, 0.4) is 0 Å². The predicted molar refractivity (Wildman–Crippen MR) is 195 cm³/mol. The Morgan fingerprint density at radius 3 is 1.14 bits per heavy atom. The van der Waals surface area contributed by atoms with Crippen LogP contribution < -0.4 is 0 Å². The van der Waals surface area contributed by atoms with E-state index in [1.807, 2.05) is 0 Å². The van der Waals surface area contributed by atoms with Gasteiger partial charge in [0.25, 0.3) is 0 Å². The van der Waals surface area contributed by atoms with Gasteiger partial charge in [-0.15, -0.1) is 11.6 Å². The third-order valence-corrected chi connectivity index (χ3v) is 7.94. The van der Waals surface area contributed by atoms with Crippen LogP contribution >= 0.6 is 0 Å². The minimum Gasteiger partial charge on any atom is -0.505 e. The Bertz CT molecular complexity index is 2470. The molecule has 0 aliphatic carbocycles. The van der Waals surface area contributed by atoms with E-state index in [1.165, 1.54) is 14.2 Å². The first-order valence-corrected chi connectivity index (χ1v) is 18.1. The van der Waals surface area contributed by atoms with E-state index >= 15 is 0 Å². The van der Waals surface area contributed by atoms with Gasteiger partial charge in [0.05, 0.1) is 25.4 Å². The molecule has 25 nitrogen and oxygen atoms in total. The van der Waals surface area contributed by atoms with Crippen molar-refractivity contribution < 1.29 is 608 Å². The zero-order chi connectivity index (χ0) is 42.8. The third kappa shape index (κ3) is 48.2. The van der Waals surface area contributed by atoms with Gasteiger partial charge in [0.2, 0.25) is 0 Å². The normalized spacial score (nSPS) is 10.1. The number of hydrogen-bond donors (Lipinski definition) is 2. The monoisotopic (exact) mass is 2420 g/mol. The topological polar surface area (TPSA) is 330 Å². The second-order valence-electron chi connectivity index (χ2n) is 12.5. The van der Waals surface area contributed by atoms with Gasteiger partial charge in [0.15, 0.2) is 0 Å². The Morgan fingerprint density at radius 1 is 0.354 bits per heavy atom. The smallest absolute Gasteiger partial charge is 0.0768 e. The maximum absolute atomic E-state index is 10.4. The van der Waals surface area contributed by atoms with Gasteiger partial charge in [-0.05, 0) is 37.5 Å². The van der Waals surface area contributed by atoms with E-state index in [0.29, 0.717) is 76.9 Å². The summed E-state index contributed by atoms with van der Waals surface area (Å²) in [5, 5.41) is 20.2. The number of ether oxygens (including phenoxy) is 2. The molecule has 7 aromatic heterocycles. The van der Waals surface area contributed by atoms with E-state index in [4.69, 9.17) is 9.47 Å². The summed E-state index contributed by atoms with van der Waals surface area (Å²) in [7, 11) is 3.03. The Labute approximate surface area is 913 Å². The van der Waals surface area contributed by atoms with E-state index in [1.54, 1.807) is 13.8 Å². The summed E-state index contributed by atoms with van der Waals surface area (Å²) < 4.78 is 9.98. The van der Waals surface area contributed by atoms with Crippen molar-refractivity contribution in [2.24, 2.45) is 0 Å². The molecular formula is C36H32N21O4Y18-9. The summed E-state index contributed by atoms with van der Waals surface area (Å²) in [5.41, 5.74) is 0. The number of nitrogens with zero attached hydrogens (tertiary/aromatic N) is 21. The van der Waals surface area contributed by atoms with Gasteiger partial charge in [-0.2, -0.15) is 25.3 Å². The number of hydrogen-bond acceptors (Lipinski definition) is 25. The number of rotatable bonds is 18. The van der Waals surface area contributed by atoms with Gasteiger partial charge in [0.1, 0.15) is 0 Å². The number of aromatic nitrogens is 21. The van der Waals surface area contributed by atoms with Crippen molar-refractivity contribution in [3.05, 3.63) is 127 Å². The molecule has 0 aliphatic heterocycles. The zero-order valence-corrected chi connectivity index (χ0v) is 94.3. The van der Waals surface area contributed by atoms with E-state index in [0.717, 1.165) is 0 Å². The summed E-state index contributed by atoms with van der Waals surface area (Å²) >= 11 is 0. The molecule has 79 heavy (non-hydrogen) atoms. The maximum atomic E-state index is 10.4. The van der Waals surface area contributed by atoms with E-state index in [2.05, 4.69) is 162 Å². The summed E-state index contributed by atoms with van der Waals surface area (Å²) in [5.74, 6) is 3.22. The third-order valence-electron chi connectivity index (χ3n) is 7.94. The second kappa shape index (κ2) is 73.5. The molecule has 0 bridgehead atoms. The van der Waals surface area contributed by atoms with Crippen LogP contribution in [0.2, 0.25) is 0 Å². The fourth-order valence-electron chi connectivity index (χ4n) is 5.30. The quantitative estimate of drug-likeness (QED) is 0.0824. The summed E-state index contributed by atoms with van der Waals surface area (Å²) in [6, 6.07) is 0. The van der Waals surface area contributed by atoms with Crippen LogP contribution in [-0.2, 0) is 618 Å². The van der Waals surface area contributed by atoms with Crippen LogP contribution in [0.4, 0.5) is 0 Å². The number of aryl methyl sites for hydroxylation is 3. The average molecular weight is 2420 g/mol. The van der Waals surface area contributed by atoms with Gasteiger partial charge in [0, 0.05) is 693 Å². The Balaban J connectivity index is -0.0000000828. The minimum absolute atomic E-state index is 0. The molecule has 0 amide bonds. The van der Waals surface area contributed by atoms with Crippen LogP contribution in [0.15, 0.2) is 0 Å². The van der Waals surface area contributed by atoms with Crippen molar-refractivity contribution in [1.29, 1.82) is 0 Å². The first-order chi connectivity index (χ1) is 29.8. The molecule has 0 aliphatic rings. The van der Waals surface area contributed by atoms with Crippen LogP contribution in [0.1, 0.15) is 94.6 Å². The fourth-order valence-corrected chi connectivity index (χ4v) is 5.30. The van der Waals surface area contributed by atoms with Gasteiger partial charge in [-0.3, -0.25) is 0 Å². The molecule has 43 heteroatoms. The van der Waals surface area contributed by atoms with Crippen LogP contribution in [0, 0.1) is 70.8 Å². The molecule has 4 atom stereocenters. The molecule has 2 N–H and O–H groups in total. The second-order valence-corrected chi connectivity index (χ2v) is 12.5. The molecule has 368 valence electrons. The Hall–Kier alpha value is 12.8. The fraction of sp³-hybridized carbons (Fsp3) is 0.417. The molecule has 0 spiro atoms. The number of methoxy groups -OCH3 is 2. The van der Waals surface area contributed by atoms with Crippen LogP contribution in [0.25, 0.3) is 0 Å². The van der Waals surface area contributed by atoms with Gasteiger partial charge < -0.3 is 124 Å². The predicted octanol–water partition coefficient (Wildman–Crippen LogP) is -2.73. The largest absolute Gasteiger partial charge is 0.505 e. The van der Waals surface area contributed by atoms with Gasteiger partial charge in [-0.1, -0.05) is 20.3 Å². The standard InChI is InChI=1S/C20H17N12O2.C16H15N9O2.18Y/c1-12-22-9-25-16(30-12)5-18-27-11-29-20(32-18)14(3-13(33)6-34-2)19-28-10-26-17(31-19)4-15-23-7-21-8-24-15;1-10-18-8-22-15(24-10)13(14-20-6-17-7-21-14)16-23-9-19-12(25-16)4-3-11(26)5-27-2;;;;;;;;;;;;;;;;;;/h13-14,33H,3-6H2,1-2H3;11,13,26H,3-5H2,1-2H3;;;;;;;;;;;;;;;;;;/q-5;-4;;;;;;;;;;;;;;;;;;. The van der Waals surface area contributed by atoms with Crippen molar-refractivity contribution in [2.45, 2.75) is 70.0 Å². The maximum Gasteiger partial charge on any atom is 0.0768 e. The number of aliphatic hydroxyl groups excluding tert-OH is 2. The first kappa shape index (κ1) is 122. The van der Waals surface area contributed by atoms with Crippen LogP contribution in [0.5, 0.6) is 0 Å². The molecule has 4 unspecified atom stereocenters. The minimum atomic E-state index is -0.830. The first-order valence-electron chi connectivity index (χ1n) is 18.1. The van der Waals surface area contributed by atoms with E-state index in [9.17, 15) is 10.2 Å². The van der Waals surface area contributed by atoms with E-state index in [-0.39, 0.29) is 627 Å². The van der Waals surface area contributed by atoms with Crippen molar-refractivity contribution >= 4 is 0 Å². The molecule has 0 aromatic carbocycles. The summed E-state index contributed by atoms with van der Waals surface area (Å²) in [6.45, 7) is 3.80. The van der Waals surface area contributed by atoms with Crippen LogP contribution in [-0.4, -0.2) is 155 Å². The summed E-state index contributed by atoms with van der Waals surface area (Å²) in [4.78, 5) is 85.5. The molecule has 7 heterocycles. The Morgan fingerprint density at radius 2 is 0.684 bits per heavy atom. The molecule has 0 saturated heterocycles. The Kier molecular flexibility index (Phi) is 113. The molecule has 0 saturated carbocycles. The van der Waals surface area contributed by atoms with Crippen molar-refractivity contribution in [3.8, 4) is 0 Å². The number of aliphatic hydroxyl groups is 2. The SMILES string of the molecule is COCC(O)CC(c1n[c-]nc(Cc2n[c-]n[c-]n2)n1)c1n[c-]nc(Cc2n[c-]nc(C)n2)n1.COCC(O)CCc1n[c-]nc(C(c2n[c-]n[c-]n2)c2n[c-]nc(C)n2)n1.[Y].[Y].[Y].[Y].[Y].[Y].[Y].[Y].[Y].[Y].[Y].[Y].[Y].[Y].[Y].[Y].[Y].[Y]. The molecule has 7 rings (SSSR count). The zero-order valence-electron chi connectivity index (χ0n) is 43.3. The molecule has 18 radical (unpaired) electrons. The molecule has 0 fully saturated rings. The summed E-state index contributed by atoms with van der Waals surface area (Å²) in [6.07, 6.45) is 22.5. The van der Waals surface area contributed by atoms with E-state index < -0.39 is 24.0 Å². The van der Waals surface area contributed by atoms with Crippen molar-refractivity contribution in [2.75, 3.05) is 27.4 Å². The van der Waals surface area contributed by atoms with Crippen molar-refractivity contribution in [3.63, 3.8) is 0 Å². The average Bonchev–Trinajstić information content (AvgIpc) is 3.27. The molecular weight excluding hydrogens is 2390 g/mol. The van der Waals surface area contributed by atoms with Gasteiger partial charge >= 0.3 is 0 Å². The van der Waals surface area contributed by atoms with Gasteiger partial charge in [-0.25, -0.2) is 0 Å². The van der Waals surface area contributed by atoms with Crippen molar-refractivity contribution in [1.82, 2.24) is 105 Å². The molecule has 7 aromatic rings.